The number of fused-ring (bicyclic) bond motifs is 1. The number of hydrogen-bond donors (Lipinski definition) is 1. The van der Waals surface area contributed by atoms with Gasteiger partial charge in [-0.25, -0.2) is 4.98 Å². The Balaban J connectivity index is 1.48. The van der Waals surface area contributed by atoms with Crippen molar-refractivity contribution in [2.24, 2.45) is 0 Å². The normalized spacial score (nSPS) is 13.4. The molecule has 0 saturated heterocycles. The van der Waals surface area contributed by atoms with E-state index in [0.717, 1.165) is 25.3 Å². The van der Waals surface area contributed by atoms with Gasteiger partial charge in [0.15, 0.2) is 0 Å². The quantitative estimate of drug-likeness (QED) is 0.889. The van der Waals surface area contributed by atoms with Gasteiger partial charge in [-0.05, 0) is 18.1 Å². The molecule has 0 radical (unpaired) electrons. The van der Waals surface area contributed by atoms with Crippen molar-refractivity contribution in [3.8, 4) is 0 Å². The van der Waals surface area contributed by atoms with Gasteiger partial charge in [-0.15, -0.1) is 0 Å². The van der Waals surface area contributed by atoms with Crippen molar-refractivity contribution in [1.82, 2.24) is 14.9 Å². The van der Waals surface area contributed by atoms with Gasteiger partial charge in [-0.2, -0.15) is 0 Å². The Morgan fingerprint density at radius 3 is 3.00 bits per heavy atom. The summed E-state index contributed by atoms with van der Waals surface area (Å²) >= 11 is 0. The average molecular weight is 312 g/mol. The van der Waals surface area contributed by atoms with Crippen LogP contribution in [0.3, 0.4) is 0 Å². The molecule has 0 aliphatic carbocycles. The lowest BCUT2D eigenvalue weighted by Crippen LogP contribution is -2.35. The molecule has 2 aromatic rings. The van der Waals surface area contributed by atoms with E-state index in [1.807, 2.05) is 10.8 Å². The summed E-state index contributed by atoms with van der Waals surface area (Å²) < 4.78 is 1.92. The van der Waals surface area contributed by atoms with Gasteiger partial charge in [-0.1, -0.05) is 32.0 Å². The predicted molar refractivity (Wildman–Crippen MR) is 91.7 cm³/mol. The van der Waals surface area contributed by atoms with Crippen LogP contribution in [-0.4, -0.2) is 35.1 Å². The Labute approximate surface area is 137 Å². The second-order valence-corrected chi connectivity index (χ2v) is 6.28. The summed E-state index contributed by atoms with van der Waals surface area (Å²) in [7, 11) is 0. The highest BCUT2D eigenvalue weighted by Gasteiger charge is 2.17. The Kier molecular flexibility index (Phi) is 4.65. The molecule has 0 bridgehead atoms. The van der Waals surface area contributed by atoms with Crippen LogP contribution in [0.15, 0.2) is 36.7 Å². The lowest BCUT2D eigenvalue weighted by Gasteiger charge is -2.19. The van der Waals surface area contributed by atoms with Crippen molar-refractivity contribution in [2.75, 3.05) is 24.5 Å². The van der Waals surface area contributed by atoms with Gasteiger partial charge in [0.25, 0.3) is 0 Å². The van der Waals surface area contributed by atoms with Crippen LogP contribution in [0, 0.1) is 0 Å². The minimum absolute atomic E-state index is 0.0392. The van der Waals surface area contributed by atoms with Gasteiger partial charge in [0.2, 0.25) is 5.91 Å². The molecule has 0 atom stereocenters. The fraction of sp³-hybridized carbons (Fsp3) is 0.444. The standard InChI is InChI=1S/C18H24N4O/c1-14(2)18-20-9-12-22(18)13-17(23)19-8-11-21-10-7-15-5-3-4-6-16(15)21/h3-6,9,12,14H,7-8,10-11,13H2,1-2H3,(H,19,23). The van der Waals surface area contributed by atoms with E-state index in [0.29, 0.717) is 19.0 Å². The van der Waals surface area contributed by atoms with Crippen molar-refractivity contribution >= 4 is 11.6 Å². The van der Waals surface area contributed by atoms with Crippen LogP contribution in [0.2, 0.25) is 0 Å². The first-order valence-electron chi connectivity index (χ1n) is 8.25. The fourth-order valence-electron chi connectivity index (χ4n) is 3.13. The molecule has 5 heteroatoms. The van der Waals surface area contributed by atoms with Crippen LogP contribution >= 0.6 is 0 Å². The molecule has 1 aromatic carbocycles. The van der Waals surface area contributed by atoms with E-state index in [1.54, 1.807) is 6.20 Å². The molecule has 0 spiro atoms. The molecule has 0 unspecified atom stereocenters. The summed E-state index contributed by atoms with van der Waals surface area (Å²) in [5.74, 6) is 1.31. The Hall–Kier alpha value is -2.30. The van der Waals surface area contributed by atoms with Crippen LogP contribution < -0.4 is 10.2 Å². The Bertz CT molecular complexity index is 677. The molecule has 1 aliphatic rings. The third-order valence-electron chi connectivity index (χ3n) is 4.27. The van der Waals surface area contributed by atoms with Crippen LogP contribution in [0.25, 0.3) is 0 Å². The number of aromatic nitrogens is 2. The minimum atomic E-state index is 0.0392. The first-order valence-corrected chi connectivity index (χ1v) is 8.25. The number of anilines is 1. The van der Waals surface area contributed by atoms with Gasteiger partial charge >= 0.3 is 0 Å². The van der Waals surface area contributed by atoms with E-state index in [4.69, 9.17) is 0 Å². The van der Waals surface area contributed by atoms with Crippen molar-refractivity contribution in [3.05, 3.63) is 48.0 Å². The second kappa shape index (κ2) is 6.86. The van der Waals surface area contributed by atoms with Crippen molar-refractivity contribution < 1.29 is 4.79 Å². The molecular weight excluding hydrogens is 288 g/mol. The number of rotatable bonds is 6. The van der Waals surface area contributed by atoms with E-state index < -0.39 is 0 Å². The third-order valence-corrected chi connectivity index (χ3v) is 4.27. The molecule has 0 fully saturated rings. The molecule has 0 saturated carbocycles. The van der Waals surface area contributed by atoms with Gasteiger partial charge in [0.1, 0.15) is 12.4 Å². The van der Waals surface area contributed by atoms with Crippen LogP contribution in [-0.2, 0) is 17.8 Å². The van der Waals surface area contributed by atoms with Crippen LogP contribution in [0.1, 0.15) is 31.2 Å². The van der Waals surface area contributed by atoms with Crippen molar-refractivity contribution in [2.45, 2.75) is 32.7 Å². The minimum Gasteiger partial charge on any atom is -0.369 e. The highest BCUT2D eigenvalue weighted by Crippen LogP contribution is 2.26. The van der Waals surface area contributed by atoms with Gasteiger partial charge in [0.05, 0.1) is 0 Å². The van der Waals surface area contributed by atoms with Crippen molar-refractivity contribution in [1.29, 1.82) is 0 Å². The lowest BCUT2D eigenvalue weighted by atomic mass is 10.2. The molecule has 3 rings (SSSR count). The molecule has 122 valence electrons. The molecule has 5 nitrogen and oxygen atoms in total. The number of nitrogens with one attached hydrogen (secondary N) is 1. The molecule has 23 heavy (non-hydrogen) atoms. The molecule has 1 aromatic heterocycles. The first kappa shape index (κ1) is 15.6. The van der Waals surface area contributed by atoms with Crippen LogP contribution in [0.4, 0.5) is 5.69 Å². The zero-order valence-electron chi connectivity index (χ0n) is 13.8. The van der Waals surface area contributed by atoms with E-state index in [-0.39, 0.29) is 5.91 Å². The van der Waals surface area contributed by atoms with E-state index in [9.17, 15) is 4.79 Å². The molecule has 1 amide bonds. The maximum absolute atomic E-state index is 12.1. The van der Waals surface area contributed by atoms with E-state index in [2.05, 4.69) is 53.3 Å². The summed E-state index contributed by atoms with van der Waals surface area (Å²) in [5.41, 5.74) is 2.71. The van der Waals surface area contributed by atoms with Gasteiger partial charge < -0.3 is 14.8 Å². The smallest absolute Gasteiger partial charge is 0.240 e. The molecule has 2 heterocycles. The number of nitrogens with zero attached hydrogens (tertiary/aromatic N) is 3. The number of carbonyl (C=O) groups is 1. The Morgan fingerprint density at radius 2 is 2.17 bits per heavy atom. The van der Waals surface area contributed by atoms with Gasteiger partial charge in [0, 0.05) is 43.6 Å². The molecule has 1 N–H and O–H groups in total. The summed E-state index contributed by atoms with van der Waals surface area (Å²) in [6.45, 7) is 7.06. The topological polar surface area (TPSA) is 50.2 Å². The van der Waals surface area contributed by atoms with Gasteiger partial charge in [-0.3, -0.25) is 4.79 Å². The Morgan fingerprint density at radius 1 is 1.35 bits per heavy atom. The largest absolute Gasteiger partial charge is 0.369 e. The number of hydrogen-bond acceptors (Lipinski definition) is 3. The third kappa shape index (κ3) is 3.55. The fourth-order valence-corrected chi connectivity index (χ4v) is 3.13. The number of imidazole rings is 1. The van der Waals surface area contributed by atoms with E-state index >= 15 is 0 Å². The highest BCUT2D eigenvalue weighted by molar-refractivity contribution is 5.75. The maximum atomic E-state index is 12.1. The zero-order valence-corrected chi connectivity index (χ0v) is 13.8. The predicted octanol–water partition coefficient (Wildman–Crippen LogP) is 2.19. The highest BCUT2D eigenvalue weighted by atomic mass is 16.1. The number of benzene rings is 1. The average Bonchev–Trinajstić information content (AvgIpc) is 3.14. The first-order chi connectivity index (χ1) is 11.1. The summed E-state index contributed by atoms with van der Waals surface area (Å²) in [4.78, 5) is 18.8. The number of carbonyl (C=O) groups excluding carboxylic acids is 1. The number of amides is 1. The van der Waals surface area contributed by atoms with Crippen molar-refractivity contribution in [3.63, 3.8) is 0 Å². The summed E-state index contributed by atoms with van der Waals surface area (Å²) in [6, 6.07) is 8.49. The number of para-hydroxylation sites is 1. The second-order valence-electron chi connectivity index (χ2n) is 6.28. The maximum Gasteiger partial charge on any atom is 0.240 e. The van der Waals surface area contributed by atoms with E-state index in [1.165, 1.54) is 11.3 Å². The SMILES string of the molecule is CC(C)c1nccn1CC(=O)NCCN1CCc2ccccc21. The molecule has 1 aliphatic heterocycles. The lowest BCUT2D eigenvalue weighted by molar-refractivity contribution is -0.121. The molecular formula is C18H24N4O. The summed E-state index contributed by atoms with van der Waals surface area (Å²) in [5, 5.41) is 3.02. The summed E-state index contributed by atoms with van der Waals surface area (Å²) in [6.07, 6.45) is 4.71. The van der Waals surface area contributed by atoms with Crippen LogP contribution in [0.5, 0.6) is 0 Å². The monoisotopic (exact) mass is 312 g/mol. The zero-order chi connectivity index (χ0) is 16.2.